The first kappa shape index (κ1) is 23.4. The zero-order valence-corrected chi connectivity index (χ0v) is 20.4. The van der Waals surface area contributed by atoms with Gasteiger partial charge >= 0.3 is 0 Å². The summed E-state index contributed by atoms with van der Waals surface area (Å²) in [6.07, 6.45) is 1.15. The van der Waals surface area contributed by atoms with Crippen LogP contribution in [0.25, 0.3) is 0 Å². The van der Waals surface area contributed by atoms with E-state index >= 15 is 0 Å². The molecule has 4 rings (SSSR count). The number of aryl methyl sites for hydroxylation is 1. The average Bonchev–Trinajstić information content (AvgIpc) is 3.50. The number of anilines is 2. The average molecular weight is 484 g/mol. The standard InChI is InChI=1S/C24H29N5O2S2/c1-18-5-2-6-20(15-18)29-12-10-28(11-13-29)9-4-8-25-22(30)16-19-17-33-24(26-19)27-23(31)21-7-3-14-32-21/h2-3,5-7,14-15,17H,4,8-13,16H2,1H3,(H,25,30)(H,26,27,31). The zero-order chi connectivity index (χ0) is 23.0. The number of carbonyl (C=O) groups is 2. The van der Waals surface area contributed by atoms with Crippen molar-refractivity contribution >= 4 is 45.3 Å². The van der Waals surface area contributed by atoms with Crippen LogP contribution in [0.15, 0.2) is 47.2 Å². The Balaban J connectivity index is 1.11. The van der Waals surface area contributed by atoms with Crippen molar-refractivity contribution < 1.29 is 9.59 Å². The highest BCUT2D eigenvalue weighted by molar-refractivity contribution is 7.14. The maximum atomic E-state index is 12.3. The van der Waals surface area contributed by atoms with E-state index < -0.39 is 0 Å². The Morgan fingerprint density at radius 2 is 1.94 bits per heavy atom. The molecule has 2 amide bonds. The zero-order valence-electron chi connectivity index (χ0n) is 18.8. The normalized spacial score (nSPS) is 14.3. The molecule has 33 heavy (non-hydrogen) atoms. The van der Waals surface area contributed by atoms with Gasteiger partial charge in [0.15, 0.2) is 5.13 Å². The maximum absolute atomic E-state index is 12.3. The van der Waals surface area contributed by atoms with Gasteiger partial charge in [-0.1, -0.05) is 18.2 Å². The molecule has 2 N–H and O–H groups in total. The molecule has 1 fully saturated rings. The Morgan fingerprint density at radius 1 is 1.09 bits per heavy atom. The van der Waals surface area contributed by atoms with Crippen molar-refractivity contribution in [3.05, 3.63) is 63.3 Å². The van der Waals surface area contributed by atoms with E-state index in [4.69, 9.17) is 0 Å². The third-order valence-corrected chi connectivity index (χ3v) is 7.25. The molecule has 9 heteroatoms. The van der Waals surface area contributed by atoms with Crippen LogP contribution in [0, 0.1) is 6.92 Å². The van der Waals surface area contributed by atoms with Crippen molar-refractivity contribution in [1.82, 2.24) is 15.2 Å². The van der Waals surface area contributed by atoms with Gasteiger partial charge in [-0.3, -0.25) is 19.8 Å². The summed E-state index contributed by atoms with van der Waals surface area (Å²) >= 11 is 2.72. The van der Waals surface area contributed by atoms with E-state index in [9.17, 15) is 9.59 Å². The summed E-state index contributed by atoms with van der Waals surface area (Å²) in [5.74, 6) is -0.212. The van der Waals surface area contributed by atoms with Crippen molar-refractivity contribution in [2.45, 2.75) is 19.8 Å². The highest BCUT2D eigenvalue weighted by atomic mass is 32.1. The van der Waals surface area contributed by atoms with E-state index in [0.717, 1.165) is 39.1 Å². The monoisotopic (exact) mass is 483 g/mol. The fourth-order valence-electron chi connectivity index (χ4n) is 3.82. The fourth-order valence-corrected chi connectivity index (χ4v) is 5.15. The molecule has 174 valence electrons. The fraction of sp³-hybridized carbons (Fsp3) is 0.375. The number of benzene rings is 1. The summed E-state index contributed by atoms with van der Waals surface area (Å²) in [6, 6.07) is 12.3. The minimum absolute atomic E-state index is 0.0410. The minimum Gasteiger partial charge on any atom is -0.369 e. The van der Waals surface area contributed by atoms with Crippen molar-refractivity contribution in [2.75, 3.05) is 49.5 Å². The van der Waals surface area contributed by atoms with Crippen LogP contribution in [0.1, 0.15) is 27.3 Å². The first-order valence-electron chi connectivity index (χ1n) is 11.2. The van der Waals surface area contributed by atoms with E-state index in [-0.39, 0.29) is 18.2 Å². The molecule has 0 atom stereocenters. The van der Waals surface area contributed by atoms with Crippen LogP contribution in [0.3, 0.4) is 0 Å². The van der Waals surface area contributed by atoms with Gasteiger partial charge < -0.3 is 10.2 Å². The van der Waals surface area contributed by atoms with Crippen LogP contribution in [0.2, 0.25) is 0 Å². The molecular formula is C24H29N5O2S2. The number of carbonyl (C=O) groups excluding carboxylic acids is 2. The Hall–Kier alpha value is -2.75. The second kappa shape index (κ2) is 11.4. The number of thiazole rings is 1. The molecule has 1 aliphatic rings. The van der Waals surface area contributed by atoms with E-state index in [0.29, 0.717) is 22.2 Å². The lowest BCUT2D eigenvalue weighted by Gasteiger charge is -2.36. The predicted octanol–water partition coefficient (Wildman–Crippen LogP) is 3.64. The number of hydrogen-bond donors (Lipinski definition) is 2. The van der Waals surface area contributed by atoms with Crippen LogP contribution in [0.4, 0.5) is 10.8 Å². The molecule has 0 radical (unpaired) electrons. The Kier molecular flexibility index (Phi) is 8.09. The van der Waals surface area contributed by atoms with Gasteiger partial charge in [-0.05, 0) is 49.0 Å². The van der Waals surface area contributed by atoms with Crippen LogP contribution in [-0.2, 0) is 11.2 Å². The molecule has 2 aromatic heterocycles. The molecular weight excluding hydrogens is 454 g/mol. The Bertz CT molecular complexity index is 1060. The molecule has 0 saturated carbocycles. The Morgan fingerprint density at radius 3 is 2.70 bits per heavy atom. The highest BCUT2D eigenvalue weighted by Gasteiger charge is 2.17. The van der Waals surface area contributed by atoms with Crippen LogP contribution < -0.4 is 15.5 Å². The van der Waals surface area contributed by atoms with Gasteiger partial charge in [-0.15, -0.1) is 22.7 Å². The van der Waals surface area contributed by atoms with Gasteiger partial charge in [0.25, 0.3) is 5.91 Å². The number of amides is 2. The maximum Gasteiger partial charge on any atom is 0.267 e. The number of nitrogens with one attached hydrogen (secondary N) is 2. The van der Waals surface area contributed by atoms with Crippen molar-refractivity contribution in [3.8, 4) is 0 Å². The molecule has 7 nitrogen and oxygen atoms in total. The van der Waals surface area contributed by atoms with Crippen molar-refractivity contribution in [3.63, 3.8) is 0 Å². The summed E-state index contributed by atoms with van der Waals surface area (Å²) in [4.78, 5) is 34.2. The quantitative estimate of drug-likeness (QED) is 0.455. The van der Waals surface area contributed by atoms with Crippen LogP contribution in [-0.4, -0.2) is 61.0 Å². The van der Waals surface area contributed by atoms with Gasteiger partial charge in [0.05, 0.1) is 17.0 Å². The number of rotatable bonds is 9. The highest BCUT2D eigenvalue weighted by Crippen LogP contribution is 2.19. The molecule has 3 aromatic rings. The van der Waals surface area contributed by atoms with E-state index in [2.05, 4.69) is 56.6 Å². The van der Waals surface area contributed by atoms with Crippen molar-refractivity contribution in [2.24, 2.45) is 0 Å². The molecule has 0 aliphatic carbocycles. The topological polar surface area (TPSA) is 77.6 Å². The number of piperazine rings is 1. The summed E-state index contributed by atoms with van der Waals surface area (Å²) in [5.41, 5.74) is 3.27. The number of aromatic nitrogens is 1. The van der Waals surface area contributed by atoms with Crippen molar-refractivity contribution in [1.29, 1.82) is 0 Å². The molecule has 0 unspecified atom stereocenters. The van der Waals surface area contributed by atoms with Gasteiger partial charge in [-0.25, -0.2) is 4.98 Å². The first-order valence-corrected chi connectivity index (χ1v) is 12.9. The third kappa shape index (κ3) is 6.86. The second-order valence-corrected chi connectivity index (χ2v) is 9.93. The van der Waals surface area contributed by atoms with E-state index in [1.807, 2.05) is 16.8 Å². The molecule has 3 heterocycles. The summed E-state index contributed by atoms with van der Waals surface area (Å²) in [5, 5.41) is 9.96. The first-order chi connectivity index (χ1) is 16.1. The minimum atomic E-state index is -0.171. The summed E-state index contributed by atoms with van der Waals surface area (Å²) in [6.45, 7) is 7.92. The molecule has 1 aromatic carbocycles. The summed E-state index contributed by atoms with van der Waals surface area (Å²) < 4.78 is 0. The SMILES string of the molecule is Cc1cccc(N2CCN(CCCNC(=O)Cc3csc(NC(=O)c4cccs4)n3)CC2)c1. The lowest BCUT2D eigenvalue weighted by molar-refractivity contribution is -0.120. The lowest BCUT2D eigenvalue weighted by Crippen LogP contribution is -2.47. The van der Waals surface area contributed by atoms with Gasteiger partial charge in [-0.2, -0.15) is 0 Å². The van der Waals surface area contributed by atoms with Gasteiger partial charge in [0.1, 0.15) is 0 Å². The lowest BCUT2D eigenvalue weighted by atomic mass is 10.2. The van der Waals surface area contributed by atoms with Gasteiger partial charge in [0, 0.05) is 43.8 Å². The molecule has 1 aliphatic heterocycles. The third-order valence-electron chi connectivity index (χ3n) is 5.57. The van der Waals surface area contributed by atoms with Gasteiger partial charge in [0.2, 0.25) is 5.91 Å². The second-order valence-electron chi connectivity index (χ2n) is 8.12. The molecule has 0 bridgehead atoms. The van der Waals surface area contributed by atoms with E-state index in [1.54, 1.807) is 6.07 Å². The largest absolute Gasteiger partial charge is 0.369 e. The molecule has 1 saturated heterocycles. The number of hydrogen-bond acceptors (Lipinski definition) is 7. The summed E-state index contributed by atoms with van der Waals surface area (Å²) in [7, 11) is 0. The predicted molar refractivity (Wildman–Crippen MR) is 136 cm³/mol. The number of thiophene rings is 1. The Labute approximate surface area is 202 Å². The van der Waals surface area contributed by atoms with Crippen LogP contribution >= 0.6 is 22.7 Å². The molecule has 0 spiro atoms. The van der Waals surface area contributed by atoms with Crippen LogP contribution in [0.5, 0.6) is 0 Å². The number of nitrogens with zero attached hydrogens (tertiary/aromatic N) is 3. The van der Waals surface area contributed by atoms with E-state index in [1.165, 1.54) is 33.9 Å². The smallest absolute Gasteiger partial charge is 0.267 e.